The van der Waals surface area contributed by atoms with E-state index in [0.29, 0.717) is 19.5 Å². The molecule has 38 heavy (non-hydrogen) atoms. The van der Waals surface area contributed by atoms with Gasteiger partial charge < -0.3 is 20.2 Å². The van der Waals surface area contributed by atoms with Crippen molar-refractivity contribution in [2.75, 3.05) is 37.5 Å². The lowest BCUT2D eigenvalue weighted by molar-refractivity contribution is 0.0838. The van der Waals surface area contributed by atoms with Crippen LogP contribution in [0.15, 0.2) is 95.8 Å². The van der Waals surface area contributed by atoms with Gasteiger partial charge in [-0.25, -0.2) is 4.68 Å². The van der Waals surface area contributed by atoms with Crippen LogP contribution in [0.3, 0.4) is 0 Å². The Kier molecular flexibility index (Phi) is 8.66. The number of hydrogen-bond donors (Lipinski definition) is 3. The first-order valence-electron chi connectivity index (χ1n) is 12.7. The Hall–Kier alpha value is -4.30. The number of carbonyl (C=O) groups is 1. The molecule has 0 aliphatic rings. The molecule has 3 aromatic carbocycles. The fourth-order valence-electron chi connectivity index (χ4n) is 4.35. The Morgan fingerprint density at radius 2 is 1.53 bits per heavy atom. The average Bonchev–Trinajstić information content (AvgIpc) is 3.29. The average molecular weight is 514 g/mol. The summed E-state index contributed by atoms with van der Waals surface area (Å²) in [5.74, 6) is -0.439. The molecule has 1 amide bonds. The van der Waals surface area contributed by atoms with Crippen molar-refractivity contribution >= 4 is 17.3 Å². The number of benzene rings is 3. The zero-order valence-electron chi connectivity index (χ0n) is 22.0. The molecule has 3 N–H and O–H groups in total. The molecule has 0 spiro atoms. The largest absolute Gasteiger partial charge is 0.389 e. The van der Waals surface area contributed by atoms with Crippen molar-refractivity contribution in [1.29, 1.82) is 0 Å². The fraction of sp³-hybridized carbons (Fsp3) is 0.267. The molecule has 8 nitrogen and oxygen atoms in total. The molecule has 198 valence electrons. The molecule has 4 aromatic rings. The lowest BCUT2D eigenvalue weighted by atomic mass is 10.0. The van der Waals surface area contributed by atoms with E-state index in [-0.39, 0.29) is 11.3 Å². The van der Waals surface area contributed by atoms with Crippen LogP contribution in [0.1, 0.15) is 21.6 Å². The van der Waals surface area contributed by atoms with E-state index in [0.717, 1.165) is 22.5 Å². The molecule has 0 aliphatic heterocycles. The smallest absolute Gasteiger partial charge is 0.269 e. The predicted molar refractivity (Wildman–Crippen MR) is 152 cm³/mol. The second-order valence-electron chi connectivity index (χ2n) is 9.71. The van der Waals surface area contributed by atoms with Gasteiger partial charge in [-0.15, -0.1) is 0 Å². The summed E-state index contributed by atoms with van der Waals surface area (Å²) >= 11 is 0. The number of aliphatic hydroxyl groups excluding tert-OH is 1. The van der Waals surface area contributed by atoms with Crippen molar-refractivity contribution in [2.45, 2.75) is 25.1 Å². The summed E-state index contributed by atoms with van der Waals surface area (Å²) in [6.07, 6.45) is -0.431. The molecule has 0 saturated carbocycles. The minimum absolute atomic E-state index is 0.156. The van der Waals surface area contributed by atoms with Gasteiger partial charge in [0.2, 0.25) is 0 Å². The van der Waals surface area contributed by atoms with E-state index in [9.17, 15) is 14.7 Å². The normalized spacial score (nSPS) is 12.5. The molecule has 0 aliphatic carbocycles. The molecule has 0 fully saturated rings. The number of hydrogen-bond acceptors (Lipinski definition) is 5. The number of aromatic nitrogens is 2. The molecule has 4 rings (SSSR count). The summed E-state index contributed by atoms with van der Waals surface area (Å²) in [7, 11) is 5.88. The summed E-state index contributed by atoms with van der Waals surface area (Å²) < 4.78 is 1.40. The highest BCUT2D eigenvalue weighted by Gasteiger charge is 2.25. The molecule has 0 bridgehead atoms. The van der Waals surface area contributed by atoms with Crippen molar-refractivity contribution in [3.63, 3.8) is 0 Å². The van der Waals surface area contributed by atoms with E-state index in [4.69, 9.17) is 0 Å². The van der Waals surface area contributed by atoms with Gasteiger partial charge in [0.1, 0.15) is 5.69 Å². The maximum Gasteiger partial charge on any atom is 0.269 e. The zero-order valence-corrected chi connectivity index (χ0v) is 22.0. The van der Waals surface area contributed by atoms with E-state index >= 15 is 0 Å². The maximum atomic E-state index is 13.2. The minimum atomic E-state index is -0.870. The number of nitrogens with one attached hydrogen (secondary N) is 2. The molecular formula is C30H35N5O3. The van der Waals surface area contributed by atoms with Gasteiger partial charge in [0.05, 0.1) is 18.7 Å². The van der Waals surface area contributed by atoms with E-state index in [1.165, 1.54) is 10.7 Å². The van der Waals surface area contributed by atoms with Gasteiger partial charge in [0.25, 0.3) is 11.5 Å². The summed E-state index contributed by atoms with van der Waals surface area (Å²) in [5.41, 5.74) is 3.82. The molecule has 1 heterocycles. The highest BCUT2D eigenvalue weighted by Crippen LogP contribution is 2.21. The number of aromatic amines is 1. The van der Waals surface area contributed by atoms with Crippen LogP contribution in [0.5, 0.6) is 0 Å². The number of amides is 1. The Balaban J connectivity index is 1.50. The summed E-state index contributed by atoms with van der Waals surface area (Å²) in [6.45, 7) is 0.639. The molecule has 0 radical (unpaired) electrons. The van der Waals surface area contributed by atoms with E-state index in [1.54, 1.807) is 0 Å². The summed E-state index contributed by atoms with van der Waals surface area (Å²) in [5, 5.41) is 17.2. The van der Waals surface area contributed by atoms with Gasteiger partial charge in [-0.2, -0.15) is 0 Å². The van der Waals surface area contributed by atoms with Crippen LogP contribution >= 0.6 is 0 Å². The fourth-order valence-corrected chi connectivity index (χ4v) is 4.35. The zero-order chi connectivity index (χ0) is 27.1. The minimum Gasteiger partial charge on any atom is -0.389 e. The van der Waals surface area contributed by atoms with Crippen LogP contribution in [0.25, 0.3) is 0 Å². The highest BCUT2D eigenvalue weighted by atomic mass is 16.3. The van der Waals surface area contributed by atoms with E-state index < -0.39 is 18.1 Å². The number of carbonyl (C=O) groups excluding carboxylic acids is 1. The number of likely N-dealkylation sites (N-methyl/N-ethyl adjacent to an activating group) is 1. The van der Waals surface area contributed by atoms with Crippen LogP contribution in [0.4, 0.5) is 11.4 Å². The van der Waals surface area contributed by atoms with Gasteiger partial charge in [-0.1, -0.05) is 66.7 Å². The number of nitrogens with zero attached hydrogens (tertiary/aromatic N) is 3. The monoisotopic (exact) mass is 513 g/mol. The molecular weight excluding hydrogens is 478 g/mol. The van der Waals surface area contributed by atoms with Crippen LogP contribution < -0.4 is 20.7 Å². The Morgan fingerprint density at radius 3 is 2.18 bits per heavy atom. The van der Waals surface area contributed by atoms with Gasteiger partial charge in [-0.3, -0.25) is 14.7 Å². The SMILES string of the molecule is CN(C)c1cccc(N(C)C[C@@H](O)[C@H](Cc2ccccc2)NC(=O)c2cc(=O)n(Cc3ccccc3)[nH]2)c1. The third kappa shape index (κ3) is 6.92. The van der Waals surface area contributed by atoms with Crippen molar-refractivity contribution in [1.82, 2.24) is 15.1 Å². The van der Waals surface area contributed by atoms with E-state index in [2.05, 4.69) is 16.5 Å². The molecule has 1 aromatic heterocycles. The van der Waals surface area contributed by atoms with Crippen molar-refractivity contribution in [2.24, 2.45) is 0 Å². The van der Waals surface area contributed by atoms with Crippen LogP contribution in [0.2, 0.25) is 0 Å². The maximum absolute atomic E-state index is 13.2. The lowest BCUT2D eigenvalue weighted by Gasteiger charge is -2.29. The summed E-state index contributed by atoms with van der Waals surface area (Å²) in [6, 6.07) is 28.0. The number of H-pyrrole nitrogens is 1. The second kappa shape index (κ2) is 12.3. The predicted octanol–water partition coefficient (Wildman–Crippen LogP) is 3.13. The van der Waals surface area contributed by atoms with Crippen molar-refractivity contribution < 1.29 is 9.90 Å². The first-order valence-corrected chi connectivity index (χ1v) is 12.7. The highest BCUT2D eigenvalue weighted by molar-refractivity contribution is 5.92. The molecule has 0 unspecified atom stereocenters. The van der Waals surface area contributed by atoms with Crippen LogP contribution in [-0.2, 0) is 13.0 Å². The third-order valence-electron chi connectivity index (χ3n) is 6.54. The lowest BCUT2D eigenvalue weighted by Crippen LogP contribution is -2.49. The number of anilines is 2. The van der Waals surface area contributed by atoms with Crippen LogP contribution in [0, 0.1) is 0 Å². The van der Waals surface area contributed by atoms with Crippen LogP contribution in [-0.4, -0.2) is 60.6 Å². The second-order valence-corrected chi connectivity index (χ2v) is 9.71. The Labute approximate surface area is 223 Å². The molecule has 0 saturated heterocycles. The van der Waals surface area contributed by atoms with Gasteiger partial charge in [-0.05, 0) is 35.7 Å². The molecule has 8 heteroatoms. The Bertz CT molecular complexity index is 1380. The number of rotatable bonds is 11. The van der Waals surface area contributed by atoms with Gasteiger partial charge in [0.15, 0.2) is 0 Å². The standard InChI is InChI=1S/C30H35N5O3/c1-33(2)24-15-10-16-25(18-24)34(3)21-28(36)26(17-22-11-6-4-7-12-22)31-30(38)27-19-29(37)35(32-27)20-23-13-8-5-9-14-23/h4-16,18-19,26,28,32,36H,17,20-21H2,1-3H3,(H,31,38)/t26-,28+/m0/s1. The first-order chi connectivity index (χ1) is 18.3. The van der Waals surface area contributed by atoms with Gasteiger partial charge in [0, 0.05) is 45.1 Å². The first kappa shape index (κ1) is 26.8. The Morgan fingerprint density at radius 1 is 0.895 bits per heavy atom. The van der Waals surface area contributed by atoms with Crippen molar-refractivity contribution in [3.8, 4) is 0 Å². The van der Waals surface area contributed by atoms with E-state index in [1.807, 2.05) is 110 Å². The van der Waals surface area contributed by atoms with Crippen molar-refractivity contribution in [3.05, 3.63) is 118 Å². The quantitative estimate of drug-likeness (QED) is 0.287. The number of aliphatic hydroxyl groups is 1. The summed E-state index contributed by atoms with van der Waals surface area (Å²) in [4.78, 5) is 29.7. The van der Waals surface area contributed by atoms with Gasteiger partial charge >= 0.3 is 0 Å². The third-order valence-corrected chi connectivity index (χ3v) is 6.54. The topological polar surface area (TPSA) is 93.6 Å². The molecule has 2 atom stereocenters.